The number of rotatable bonds is 5. The number of hydrogen-bond donors (Lipinski definition) is 1. The Bertz CT molecular complexity index is 1240. The van der Waals surface area contributed by atoms with Crippen LogP contribution >= 0.6 is 11.3 Å². The van der Waals surface area contributed by atoms with Crippen LogP contribution in [0.25, 0.3) is 5.69 Å². The van der Waals surface area contributed by atoms with Crippen LogP contribution in [-0.2, 0) is 9.59 Å². The Morgan fingerprint density at radius 1 is 1.09 bits per heavy atom. The number of aromatic nitrogens is 4. The minimum Gasteiger partial charge on any atom is -0.326 e. The van der Waals surface area contributed by atoms with E-state index in [2.05, 4.69) is 20.8 Å². The van der Waals surface area contributed by atoms with Gasteiger partial charge in [0.25, 0.3) is 0 Å². The van der Waals surface area contributed by atoms with Gasteiger partial charge in [0.15, 0.2) is 0 Å². The lowest BCUT2D eigenvalue weighted by Gasteiger charge is -2.27. The second-order valence-corrected chi connectivity index (χ2v) is 8.64. The first kappa shape index (κ1) is 20.1. The first-order valence-corrected chi connectivity index (χ1v) is 11.0. The fraction of sp³-hybridized carbons (Fsp3) is 0.174. The van der Waals surface area contributed by atoms with Crippen molar-refractivity contribution in [1.29, 1.82) is 0 Å². The van der Waals surface area contributed by atoms with E-state index in [-0.39, 0.29) is 24.3 Å². The molecule has 1 aliphatic rings. The maximum Gasteiger partial charge on any atom is 0.230 e. The van der Waals surface area contributed by atoms with Crippen LogP contribution < -0.4 is 10.2 Å². The van der Waals surface area contributed by atoms with Crippen molar-refractivity contribution in [1.82, 2.24) is 20.2 Å². The van der Waals surface area contributed by atoms with Gasteiger partial charge in [-0.2, -0.15) is 0 Å². The molecule has 0 saturated carbocycles. The van der Waals surface area contributed by atoms with Crippen molar-refractivity contribution >= 4 is 34.5 Å². The summed E-state index contributed by atoms with van der Waals surface area (Å²) in [5.74, 6) is -0.769. The third-order valence-electron chi connectivity index (χ3n) is 5.53. The molecule has 32 heavy (non-hydrogen) atoms. The molecule has 2 aromatic heterocycles. The van der Waals surface area contributed by atoms with E-state index in [1.54, 1.807) is 28.4 Å². The van der Waals surface area contributed by atoms with Gasteiger partial charge in [0.05, 0.1) is 17.6 Å². The van der Waals surface area contributed by atoms with Gasteiger partial charge in [0.1, 0.15) is 6.33 Å². The summed E-state index contributed by atoms with van der Waals surface area (Å²) in [6.07, 6.45) is 1.64. The van der Waals surface area contributed by atoms with Gasteiger partial charge in [-0.3, -0.25) is 9.59 Å². The average molecular weight is 445 g/mol. The van der Waals surface area contributed by atoms with E-state index in [0.717, 1.165) is 21.8 Å². The number of nitrogens with one attached hydrogen (secondary N) is 1. The second-order valence-electron chi connectivity index (χ2n) is 7.66. The highest BCUT2D eigenvalue weighted by Crippen LogP contribution is 2.43. The number of carbonyl (C=O) groups is 2. The van der Waals surface area contributed by atoms with Gasteiger partial charge < -0.3 is 10.2 Å². The highest BCUT2D eigenvalue weighted by Gasteiger charge is 2.45. The van der Waals surface area contributed by atoms with Crippen molar-refractivity contribution in [3.63, 3.8) is 0 Å². The third kappa shape index (κ3) is 3.78. The molecule has 4 aromatic rings. The Labute approximate surface area is 188 Å². The number of thiophene rings is 1. The topological polar surface area (TPSA) is 93.0 Å². The summed E-state index contributed by atoms with van der Waals surface area (Å²) in [6, 6.07) is 18.7. The summed E-state index contributed by atoms with van der Waals surface area (Å²) in [5, 5.41) is 16.1. The van der Waals surface area contributed by atoms with Crippen LogP contribution in [0, 0.1) is 12.8 Å². The molecule has 0 spiro atoms. The van der Waals surface area contributed by atoms with Crippen LogP contribution in [0.2, 0.25) is 0 Å². The van der Waals surface area contributed by atoms with Crippen molar-refractivity contribution in [3.8, 4) is 5.69 Å². The summed E-state index contributed by atoms with van der Waals surface area (Å²) >= 11 is 1.55. The fourth-order valence-electron chi connectivity index (χ4n) is 4.01. The lowest BCUT2D eigenvalue weighted by Crippen LogP contribution is -2.32. The largest absolute Gasteiger partial charge is 0.326 e. The summed E-state index contributed by atoms with van der Waals surface area (Å²) in [6.45, 7) is 2.01. The van der Waals surface area contributed by atoms with E-state index in [1.807, 2.05) is 60.8 Å². The van der Waals surface area contributed by atoms with E-state index < -0.39 is 5.92 Å². The number of nitrogens with zero attached hydrogens (tertiary/aromatic N) is 5. The summed E-state index contributed by atoms with van der Waals surface area (Å²) in [5.41, 5.74) is 3.26. The molecule has 1 aliphatic heterocycles. The van der Waals surface area contributed by atoms with E-state index in [9.17, 15) is 9.59 Å². The molecule has 2 atom stereocenters. The van der Waals surface area contributed by atoms with Crippen molar-refractivity contribution in [3.05, 3.63) is 82.8 Å². The first-order chi connectivity index (χ1) is 15.6. The fourth-order valence-corrected chi connectivity index (χ4v) is 4.89. The molecular formula is C23H20N6O2S. The smallest absolute Gasteiger partial charge is 0.230 e. The van der Waals surface area contributed by atoms with Gasteiger partial charge in [-0.1, -0.05) is 29.8 Å². The lowest BCUT2D eigenvalue weighted by molar-refractivity contribution is -0.122. The zero-order valence-electron chi connectivity index (χ0n) is 17.3. The Morgan fingerprint density at radius 3 is 2.66 bits per heavy atom. The summed E-state index contributed by atoms with van der Waals surface area (Å²) in [4.78, 5) is 29.2. The van der Waals surface area contributed by atoms with Crippen LogP contribution in [-0.4, -0.2) is 32.0 Å². The van der Waals surface area contributed by atoms with Crippen LogP contribution in [0.5, 0.6) is 0 Å². The third-order valence-corrected chi connectivity index (χ3v) is 6.48. The highest BCUT2D eigenvalue weighted by atomic mass is 32.1. The van der Waals surface area contributed by atoms with Gasteiger partial charge in [-0.15, -0.1) is 16.4 Å². The normalized spacial score (nSPS) is 18.2. The molecule has 160 valence electrons. The summed E-state index contributed by atoms with van der Waals surface area (Å²) in [7, 11) is 0. The van der Waals surface area contributed by atoms with Gasteiger partial charge in [-0.25, -0.2) is 4.68 Å². The molecule has 1 saturated heterocycles. The lowest BCUT2D eigenvalue weighted by atomic mass is 9.97. The molecule has 3 heterocycles. The molecule has 0 radical (unpaired) electrons. The Balaban J connectivity index is 1.44. The molecule has 2 aromatic carbocycles. The molecule has 5 rings (SSSR count). The molecular weight excluding hydrogens is 424 g/mol. The Kier molecular flexibility index (Phi) is 5.24. The zero-order valence-corrected chi connectivity index (χ0v) is 18.1. The number of aryl methyl sites for hydroxylation is 1. The number of benzene rings is 2. The van der Waals surface area contributed by atoms with Crippen molar-refractivity contribution in [2.75, 3.05) is 10.2 Å². The van der Waals surface area contributed by atoms with Gasteiger partial charge >= 0.3 is 0 Å². The molecule has 0 bridgehead atoms. The van der Waals surface area contributed by atoms with E-state index >= 15 is 0 Å². The van der Waals surface area contributed by atoms with Crippen LogP contribution in [0.4, 0.5) is 11.4 Å². The van der Waals surface area contributed by atoms with E-state index in [0.29, 0.717) is 5.69 Å². The Hall–Kier alpha value is -3.85. The maximum absolute atomic E-state index is 13.4. The predicted molar refractivity (Wildman–Crippen MR) is 122 cm³/mol. The summed E-state index contributed by atoms with van der Waals surface area (Å²) < 4.78 is 1.52. The van der Waals surface area contributed by atoms with Crippen LogP contribution in [0.3, 0.4) is 0 Å². The molecule has 9 heteroatoms. The van der Waals surface area contributed by atoms with Crippen molar-refractivity contribution in [2.24, 2.45) is 5.92 Å². The number of amides is 2. The number of carbonyl (C=O) groups excluding carboxylic acids is 2. The monoisotopic (exact) mass is 444 g/mol. The standard InChI is InChI=1S/C23H20N6O2S/c1-15-7-9-17(10-8-15)29-21(30)13-19(22(29)20-6-3-11-32-20)23(31)25-16-4-2-5-18(12-16)28-14-24-26-27-28/h2-12,14,19,22H,13H2,1H3,(H,25,31). The van der Waals surface area contributed by atoms with E-state index in [4.69, 9.17) is 0 Å². The Morgan fingerprint density at radius 2 is 1.94 bits per heavy atom. The molecule has 2 amide bonds. The highest BCUT2D eigenvalue weighted by molar-refractivity contribution is 7.10. The molecule has 1 fully saturated rings. The number of tetrazole rings is 1. The maximum atomic E-state index is 13.4. The van der Waals surface area contributed by atoms with E-state index in [1.165, 1.54) is 11.0 Å². The van der Waals surface area contributed by atoms with Gasteiger partial charge in [-0.05, 0) is 59.1 Å². The van der Waals surface area contributed by atoms with Crippen LogP contribution in [0.15, 0.2) is 72.4 Å². The predicted octanol–water partition coefficient (Wildman–Crippen LogP) is 3.77. The molecule has 8 nitrogen and oxygen atoms in total. The minimum absolute atomic E-state index is 0.0603. The van der Waals surface area contributed by atoms with Gasteiger partial charge in [0.2, 0.25) is 11.8 Å². The first-order valence-electron chi connectivity index (χ1n) is 10.2. The van der Waals surface area contributed by atoms with Crippen molar-refractivity contribution in [2.45, 2.75) is 19.4 Å². The number of anilines is 2. The van der Waals surface area contributed by atoms with Gasteiger partial charge in [0, 0.05) is 22.7 Å². The zero-order chi connectivity index (χ0) is 22.1. The number of hydrogen-bond acceptors (Lipinski definition) is 6. The minimum atomic E-state index is -0.515. The molecule has 1 N–H and O–H groups in total. The molecule has 2 unspecified atom stereocenters. The van der Waals surface area contributed by atoms with Crippen LogP contribution in [0.1, 0.15) is 22.9 Å². The second kappa shape index (κ2) is 8.35. The molecule has 0 aliphatic carbocycles. The quantitative estimate of drug-likeness (QED) is 0.506. The average Bonchev–Trinajstić information content (AvgIpc) is 3.56. The SMILES string of the molecule is Cc1ccc(N2C(=O)CC(C(=O)Nc3cccc(-n4cnnn4)c3)C2c2cccs2)cc1. The van der Waals surface area contributed by atoms with Crippen molar-refractivity contribution < 1.29 is 9.59 Å².